The van der Waals surface area contributed by atoms with Gasteiger partial charge in [0.1, 0.15) is 0 Å². The minimum atomic E-state index is -0.457. The molecule has 1 aliphatic carbocycles. The molecule has 6 nitrogen and oxygen atoms in total. The van der Waals surface area contributed by atoms with Crippen LogP contribution in [0.25, 0.3) is 0 Å². The third-order valence-electron chi connectivity index (χ3n) is 4.89. The van der Waals surface area contributed by atoms with Crippen LogP contribution in [0.3, 0.4) is 0 Å². The molecule has 0 spiro atoms. The first-order chi connectivity index (χ1) is 11.2. The molecule has 0 saturated carbocycles. The van der Waals surface area contributed by atoms with Crippen molar-refractivity contribution in [2.45, 2.75) is 39.0 Å². The van der Waals surface area contributed by atoms with E-state index < -0.39 is 10.8 Å². The molecule has 1 heterocycles. The van der Waals surface area contributed by atoms with Gasteiger partial charge in [-0.05, 0) is 17.4 Å². The summed E-state index contributed by atoms with van der Waals surface area (Å²) in [4.78, 5) is 37.3. The Labute approximate surface area is 140 Å². The van der Waals surface area contributed by atoms with Crippen molar-refractivity contribution in [3.05, 3.63) is 51.2 Å². The van der Waals surface area contributed by atoms with E-state index in [9.17, 15) is 19.7 Å². The van der Waals surface area contributed by atoms with Gasteiger partial charge in [0.15, 0.2) is 5.78 Å². The van der Waals surface area contributed by atoms with Crippen LogP contribution in [0.4, 0.5) is 5.69 Å². The van der Waals surface area contributed by atoms with Gasteiger partial charge in [0.2, 0.25) is 5.91 Å². The highest BCUT2D eigenvalue weighted by molar-refractivity contribution is 6.02. The lowest BCUT2D eigenvalue weighted by molar-refractivity contribution is -0.384. The Morgan fingerprint density at radius 3 is 2.62 bits per heavy atom. The van der Waals surface area contributed by atoms with Gasteiger partial charge in [-0.1, -0.05) is 26.0 Å². The predicted molar refractivity (Wildman–Crippen MR) is 88.3 cm³/mol. The normalized spacial score (nSPS) is 23.3. The van der Waals surface area contributed by atoms with Gasteiger partial charge in [-0.2, -0.15) is 0 Å². The first-order valence-electron chi connectivity index (χ1n) is 7.97. The van der Waals surface area contributed by atoms with Gasteiger partial charge in [-0.3, -0.25) is 19.7 Å². The maximum atomic E-state index is 12.8. The molecule has 0 saturated heterocycles. The molecular weight excluding hydrogens is 308 g/mol. The first-order valence-corrected chi connectivity index (χ1v) is 7.97. The number of carbonyl (C=O) groups excluding carboxylic acids is 2. The Kier molecular flexibility index (Phi) is 3.78. The van der Waals surface area contributed by atoms with Crippen molar-refractivity contribution in [3.63, 3.8) is 0 Å². The fraction of sp³-hybridized carbons (Fsp3) is 0.444. The van der Waals surface area contributed by atoms with Crippen molar-refractivity contribution in [3.8, 4) is 0 Å². The van der Waals surface area contributed by atoms with Crippen molar-refractivity contribution >= 4 is 17.4 Å². The van der Waals surface area contributed by atoms with E-state index in [-0.39, 0.29) is 29.2 Å². The maximum absolute atomic E-state index is 12.8. The molecule has 0 aromatic heterocycles. The third-order valence-corrected chi connectivity index (χ3v) is 4.89. The van der Waals surface area contributed by atoms with Crippen LogP contribution in [0, 0.1) is 15.5 Å². The second-order valence-electron chi connectivity index (χ2n) is 7.36. The van der Waals surface area contributed by atoms with Gasteiger partial charge < -0.3 is 4.90 Å². The molecule has 1 atom stereocenters. The standard InChI is InChI=1S/C18H20N2O4/c1-18(2)9-14-17(15(21)10-18)13(8-16(22)19(14)3)11-5-4-6-12(7-11)20(23)24/h4-7,13H,8-10H2,1-3H3. The average molecular weight is 328 g/mol. The summed E-state index contributed by atoms with van der Waals surface area (Å²) in [6, 6.07) is 6.25. The van der Waals surface area contributed by atoms with E-state index in [1.807, 2.05) is 13.8 Å². The number of Topliss-reactive ketones (excluding diaryl/α,β-unsaturated/α-hetero) is 1. The van der Waals surface area contributed by atoms with Gasteiger partial charge in [0.25, 0.3) is 5.69 Å². The summed E-state index contributed by atoms with van der Waals surface area (Å²) in [5.41, 5.74) is 1.87. The monoisotopic (exact) mass is 328 g/mol. The summed E-state index contributed by atoms with van der Waals surface area (Å²) < 4.78 is 0. The van der Waals surface area contributed by atoms with E-state index in [0.29, 0.717) is 24.0 Å². The third kappa shape index (κ3) is 2.72. The molecule has 24 heavy (non-hydrogen) atoms. The Balaban J connectivity index is 2.13. The van der Waals surface area contributed by atoms with Crippen molar-refractivity contribution < 1.29 is 14.5 Å². The van der Waals surface area contributed by atoms with E-state index >= 15 is 0 Å². The molecule has 3 rings (SSSR count). The predicted octanol–water partition coefficient (Wildman–Crippen LogP) is 3.18. The number of amides is 1. The summed E-state index contributed by atoms with van der Waals surface area (Å²) in [5, 5.41) is 11.0. The number of hydrogen-bond donors (Lipinski definition) is 0. The quantitative estimate of drug-likeness (QED) is 0.617. The minimum absolute atomic E-state index is 0.0235. The summed E-state index contributed by atoms with van der Waals surface area (Å²) in [5.74, 6) is -0.417. The van der Waals surface area contributed by atoms with E-state index in [1.165, 1.54) is 12.1 Å². The SMILES string of the molecule is CN1C(=O)CC(c2cccc([N+](=O)[O-])c2)C2=C1CC(C)(C)CC2=O. The van der Waals surface area contributed by atoms with Crippen molar-refractivity contribution in [1.82, 2.24) is 4.90 Å². The van der Waals surface area contributed by atoms with Crippen LogP contribution in [0.5, 0.6) is 0 Å². The highest BCUT2D eigenvalue weighted by Crippen LogP contribution is 2.46. The topological polar surface area (TPSA) is 80.5 Å². The lowest BCUT2D eigenvalue weighted by Crippen LogP contribution is -2.41. The molecule has 1 unspecified atom stereocenters. The van der Waals surface area contributed by atoms with Crippen LogP contribution in [-0.4, -0.2) is 28.6 Å². The van der Waals surface area contributed by atoms with E-state index in [0.717, 1.165) is 5.70 Å². The molecule has 1 aromatic carbocycles. The number of carbonyl (C=O) groups is 2. The highest BCUT2D eigenvalue weighted by Gasteiger charge is 2.42. The van der Waals surface area contributed by atoms with Crippen molar-refractivity contribution in [2.24, 2.45) is 5.41 Å². The second-order valence-corrected chi connectivity index (χ2v) is 7.36. The number of nitrogens with zero attached hydrogens (tertiary/aromatic N) is 2. The molecule has 0 fully saturated rings. The molecule has 1 amide bonds. The number of rotatable bonds is 2. The Morgan fingerprint density at radius 1 is 1.25 bits per heavy atom. The Bertz CT molecular complexity index is 779. The maximum Gasteiger partial charge on any atom is 0.269 e. The summed E-state index contributed by atoms with van der Waals surface area (Å²) in [7, 11) is 1.70. The first kappa shape index (κ1) is 16.4. The molecule has 2 aliphatic rings. The number of nitro benzene ring substituents is 1. The Hall–Kier alpha value is -2.50. The highest BCUT2D eigenvalue weighted by atomic mass is 16.6. The van der Waals surface area contributed by atoms with E-state index in [4.69, 9.17) is 0 Å². The summed E-state index contributed by atoms with van der Waals surface area (Å²) in [6.45, 7) is 4.04. The van der Waals surface area contributed by atoms with Crippen LogP contribution in [0.15, 0.2) is 35.5 Å². The van der Waals surface area contributed by atoms with Gasteiger partial charge in [0.05, 0.1) is 4.92 Å². The largest absolute Gasteiger partial charge is 0.319 e. The fourth-order valence-electron chi connectivity index (χ4n) is 3.70. The van der Waals surface area contributed by atoms with E-state index in [2.05, 4.69) is 0 Å². The zero-order chi connectivity index (χ0) is 17.6. The van der Waals surface area contributed by atoms with Crippen LogP contribution < -0.4 is 0 Å². The number of benzene rings is 1. The molecule has 126 valence electrons. The zero-order valence-electron chi connectivity index (χ0n) is 14.0. The minimum Gasteiger partial charge on any atom is -0.319 e. The van der Waals surface area contributed by atoms with E-state index in [1.54, 1.807) is 24.1 Å². The molecule has 0 N–H and O–H groups in total. The molecule has 6 heteroatoms. The van der Waals surface area contributed by atoms with Gasteiger partial charge in [-0.25, -0.2) is 0 Å². The van der Waals surface area contributed by atoms with Crippen molar-refractivity contribution in [1.29, 1.82) is 0 Å². The lowest BCUT2D eigenvalue weighted by Gasteiger charge is -2.41. The molecule has 0 bridgehead atoms. The average Bonchev–Trinajstić information content (AvgIpc) is 2.50. The summed E-state index contributed by atoms with van der Waals surface area (Å²) >= 11 is 0. The molecular formula is C18H20N2O4. The number of hydrogen-bond acceptors (Lipinski definition) is 4. The van der Waals surface area contributed by atoms with Crippen LogP contribution in [0.1, 0.15) is 44.6 Å². The summed E-state index contributed by atoms with van der Waals surface area (Å²) in [6.07, 6.45) is 1.25. The molecule has 1 aromatic rings. The van der Waals surface area contributed by atoms with Gasteiger partial charge in [-0.15, -0.1) is 0 Å². The van der Waals surface area contributed by atoms with Crippen LogP contribution in [-0.2, 0) is 9.59 Å². The van der Waals surface area contributed by atoms with Crippen LogP contribution in [0.2, 0.25) is 0 Å². The zero-order valence-corrected chi connectivity index (χ0v) is 14.0. The fourth-order valence-corrected chi connectivity index (χ4v) is 3.70. The number of non-ortho nitro benzene ring substituents is 1. The smallest absolute Gasteiger partial charge is 0.269 e. The number of ketones is 1. The molecule has 1 aliphatic heterocycles. The van der Waals surface area contributed by atoms with Gasteiger partial charge >= 0.3 is 0 Å². The lowest BCUT2D eigenvalue weighted by atomic mass is 9.69. The number of nitro groups is 1. The van der Waals surface area contributed by atoms with Crippen molar-refractivity contribution in [2.75, 3.05) is 7.05 Å². The van der Waals surface area contributed by atoms with Crippen LogP contribution >= 0.6 is 0 Å². The Morgan fingerprint density at radius 2 is 1.96 bits per heavy atom. The molecule has 0 radical (unpaired) electrons. The van der Waals surface area contributed by atoms with Gasteiger partial charge in [0, 0.05) is 49.2 Å². The number of allylic oxidation sites excluding steroid dienone is 2. The second kappa shape index (κ2) is 5.54.